The highest BCUT2D eigenvalue weighted by Crippen LogP contribution is 2.15. The Morgan fingerprint density at radius 3 is 2.63 bits per heavy atom. The fourth-order valence-electron chi connectivity index (χ4n) is 2.44. The number of aryl methyl sites for hydroxylation is 2. The first-order valence-electron chi connectivity index (χ1n) is 8.11. The molecule has 1 aromatic heterocycles. The van der Waals surface area contributed by atoms with E-state index in [1.807, 2.05) is 6.92 Å². The number of ether oxygens (including phenoxy) is 1. The zero-order valence-corrected chi connectivity index (χ0v) is 14.7. The second-order valence-electron chi connectivity index (χ2n) is 6.06. The third-order valence-corrected chi connectivity index (χ3v) is 3.87. The molecule has 0 fully saturated rings. The van der Waals surface area contributed by atoms with Crippen molar-refractivity contribution in [3.63, 3.8) is 0 Å². The maximum atomic E-state index is 13.5. The molecular formula is C20H16FNO5. The predicted molar refractivity (Wildman–Crippen MR) is 97.3 cm³/mol. The molecule has 0 aliphatic carbocycles. The number of anilines is 1. The summed E-state index contributed by atoms with van der Waals surface area (Å²) in [7, 11) is 0. The van der Waals surface area contributed by atoms with Gasteiger partial charge in [-0.1, -0.05) is 17.7 Å². The number of benzene rings is 2. The largest absolute Gasteiger partial charge is 0.450 e. The van der Waals surface area contributed by atoms with E-state index in [9.17, 15) is 18.8 Å². The van der Waals surface area contributed by atoms with Crippen LogP contribution in [0.25, 0.3) is 11.0 Å². The normalized spacial score (nSPS) is 10.6. The first-order valence-corrected chi connectivity index (χ1v) is 8.11. The molecule has 0 aliphatic rings. The number of esters is 1. The Morgan fingerprint density at radius 2 is 1.89 bits per heavy atom. The minimum atomic E-state index is -0.945. The predicted octanol–water partition coefficient (Wildman–Crippen LogP) is 3.34. The second kappa shape index (κ2) is 7.41. The number of hydrogen-bond acceptors (Lipinski definition) is 5. The molecule has 2 aromatic carbocycles. The van der Waals surface area contributed by atoms with Crippen LogP contribution in [0.1, 0.15) is 21.7 Å². The second-order valence-corrected chi connectivity index (χ2v) is 6.06. The van der Waals surface area contributed by atoms with Gasteiger partial charge in [-0.05, 0) is 43.7 Å². The zero-order chi connectivity index (χ0) is 19.6. The molecule has 0 atom stereocenters. The summed E-state index contributed by atoms with van der Waals surface area (Å²) in [6.07, 6.45) is 0. The van der Waals surface area contributed by atoms with Crippen LogP contribution in [0.3, 0.4) is 0 Å². The number of hydrogen-bond donors (Lipinski definition) is 1. The van der Waals surface area contributed by atoms with E-state index in [1.54, 1.807) is 25.1 Å². The molecule has 138 valence electrons. The zero-order valence-electron chi connectivity index (χ0n) is 14.7. The average molecular weight is 369 g/mol. The molecule has 0 saturated carbocycles. The number of rotatable bonds is 4. The van der Waals surface area contributed by atoms with Gasteiger partial charge in [0.2, 0.25) is 5.76 Å². The molecular weight excluding hydrogens is 353 g/mol. The molecule has 6 nitrogen and oxygen atoms in total. The van der Waals surface area contributed by atoms with Gasteiger partial charge in [-0.25, -0.2) is 9.18 Å². The molecule has 27 heavy (non-hydrogen) atoms. The fourth-order valence-corrected chi connectivity index (χ4v) is 2.44. The Labute approximate surface area is 153 Å². The summed E-state index contributed by atoms with van der Waals surface area (Å²) in [5.41, 5.74) is 1.44. The van der Waals surface area contributed by atoms with Crippen LogP contribution < -0.4 is 10.7 Å². The number of carbonyl (C=O) groups excluding carboxylic acids is 2. The van der Waals surface area contributed by atoms with Gasteiger partial charge in [0.25, 0.3) is 5.91 Å². The standard InChI is InChI=1S/C20H16FNO5/c1-11-3-6-17-14(7-11)16(23)9-18(27-17)20(25)26-10-19(24)22-13-5-4-12(2)15(21)8-13/h3-9H,10H2,1-2H3,(H,22,24). The van der Waals surface area contributed by atoms with Crippen molar-refractivity contribution in [3.8, 4) is 0 Å². The molecule has 3 rings (SSSR count). The van der Waals surface area contributed by atoms with Crippen molar-refractivity contribution in [2.45, 2.75) is 13.8 Å². The van der Waals surface area contributed by atoms with Crippen molar-refractivity contribution in [3.05, 3.63) is 75.4 Å². The maximum absolute atomic E-state index is 13.5. The van der Waals surface area contributed by atoms with Crippen LogP contribution >= 0.6 is 0 Å². The minimum absolute atomic E-state index is 0.242. The molecule has 7 heteroatoms. The SMILES string of the molecule is Cc1ccc2oc(C(=O)OCC(=O)Nc3ccc(C)c(F)c3)cc(=O)c2c1. The van der Waals surface area contributed by atoms with Gasteiger partial charge >= 0.3 is 5.97 Å². The van der Waals surface area contributed by atoms with Gasteiger partial charge in [0.05, 0.1) is 5.39 Å². The average Bonchev–Trinajstić information content (AvgIpc) is 2.63. The third kappa shape index (κ3) is 4.20. The summed E-state index contributed by atoms with van der Waals surface area (Å²) in [5, 5.41) is 2.77. The molecule has 0 radical (unpaired) electrons. The van der Waals surface area contributed by atoms with Gasteiger partial charge in [-0.3, -0.25) is 9.59 Å². The molecule has 0 spiro atoms. The number of carbonyl (C=O) groups is 2. The summed E-state index contributed by atoms with van der Waals surface area (Å²) in [5.74, 6) is -2.35. The van der Waals surface area contributed by atoms with Crippen molar-refractivity contribution in [1.29, 1.82) is 0 Å². The quantitative estimate of drug-likeness (QED) is 0.713. The van der Waals surface area contributed by atoms with Crippen LogP contribution in [-0.4, -0.2) is 18.5 Å². The smallest absolute Gasteiger partial charge is 0.374 e. The summed E-state index contributed by atoms with van der Waals surface area (Å²) in [4.78, 5) is 36.0. The van der Waals surface area contributed by atoms with Crippen LogP contribution in [0.5, 0.6) is 0 Å². The Kier molecular flexibility index (Phi) is 5.03. The number of amides is 1. The summed E-state index contributed by atoms with van der Waals surface area (Å²) < 4.78 is 23.7. The number of fused-ring (bicyclic) bond motifs is 1. The molecule has 0 unspecified atom stereocenters. The van der Waals surface area contributed by atoms with Crippen LogP contribution in [-0.2, 0) is 9.53 Å². The van der Waals surface area contributed by atoms with Crippen LogP contribution in [0.4, 0.5) is 10.1 Å². The van der Waals surface area contributed by atoms with E-state index in [0.717, 1.165) is 11.6 Å². The summed E-state index contributed by atoms with van der Waals surface area (Å²) >= 11 is 0. The van der Waals surface area contributed by atoms with Gasteiger partial charge < -0.3 is 14.5 Å². The van der Waals surface area contributed by atoms with E-state index in [1.165, 1.54) is 18.2 Å². The fraction of sp³-hybridized carbons (Fsp3) is 0.150. The van der Waals surface area contributed by atoms with E-state index in [0.29, 0.717) is 10.9 Å². The lowest BCUT2D eigenvalue weighted by Gasteiger charge is -2.07. The van der Waals surface area contributed by atoms with E-state index < -0.39 is 24.3 Å². The van der Waals surface area contributed by atoms with Crippen molar-refractivity contribution in [1.82, 2.24) is 0 Å². The highest BCUT2D eigenvalue weighted by Gasteiger charge is 2.16. The maximum Gasteiger partial charge on any atom is 0.374 e. The van der Waals surface area contributed by atoms with Crippen molar-refractivity contribution in [2.75, 3.05) is 11.9 Å². The van der Waals surface area contributed by atoms with E-state index in [2.05, 4.69) is 5.32 Å². The molecule has 1 heterocycles. The highest BCUT2D eigenvalue weighted by atomic mass is 19.1. The molecule has 1 N–H and O–H groups in total. The monoisotopic (exact) mass is 369 g/mol. The minimum Gasteiger partial charge on any atom is -0.450 e. The Balaban J connectivity index is 1.67. The van der Waals surface area contributed by atoms with E-state index in [4.69, 9.17) is 9.15 Å². The Morgan fingerprint density at radius 1 is 1.11 bits per heavy atom. The van der Waals surface area contributed by atoms with Crippen LogP contribution in [0.15, 0.2) is 51.7 Å². The first kappa shape index (κ1) is 18.3. The first-order chi connectivity index (χ1) is 12.8. The van der Waals surface area contributed by atoms with Gasteiger partial charge in [-0.15, -0.1) is 0 Å². The van der Waals surface area contributed by atoms with Crippen molar-refractivity contribution >= 4 is 28.5 Å². The summed E-state index contributed by atoms with van der Waals surface area (Å²) in [6.45, 7) is 2.82. The lowest BCUT2D eigenvalue weighted by Crippen LogP contribution is -2.21. The molecule has 0 saturated heterocycles. The lowest BCUT2D eigenvalue weighted by atomic mass is 10.1. The number of halogens is 1. The van der Waals surface area contributed by atoms with Gasteiger partial charge in [-0.2, -0.15) is 0 Å². The van der Waals surface area contributed by atoms with Gasteiger partial charge in [0, 0.05) is 11.8 Å². The van der Waals surface area contributed by atoms with Crippen LogP contribution in [0, 0.1) is 19.7 Å². The van der Waals surface area contributed by atoms with E-state index in [-0.39, 0.29) is 22.5 Å². The van der Waals surface area contributed by atoms with Gasteiger partial charge in [0.1, 0.15) is 11.4 Å². The van der Waals surface area contributed by atoms with Gasteiger partial charge in [0.15, 0.2) is 12.0 Å². The Hall–Kier alpha value is -3.48. The molecule has 1 amide bonds. The van der Waals surface area contributed by atoms with Crippen molar-refractivity contribution in [2.24, 2.45) is 0 Å². The lowest BCUT2D eigenvalue weighted by molar-refractivity contribution is -0.119. The molecule has 0 aliphatic heterocycles. The molecule has 0 bridgehead atoms. The third-order valence-electron chi connectivity index (χ3n) is 3.87. The Bertz CT molecular complexity index is 1100. The summed E-state index contributed by atoms with van der Waals surface area (Å²) in [6, 6.07) is 10.2. The highest BCUT2D eigenvalue weighted by molar-refractivity contribution is 5.95. The van der Waals surface area contributed by atoms with Crippen LogP contribution in [0.2, 0.25) is 0 Å². The van der Waals surface area contributed by atoms with Crippen molar-refractivity contribution < 1.29 is 23.1 Å². The number of nitrogens with one attached hydrogen (secondary N) is 1. The van der Waals surface area contributed by atoms with E-state index >= 15 is 0 Å². The topological polar surface area (TPSA) is 85.6 Å². The molecule has 3 aromatic rings.